The minimum atomic E-state index is -3.19. The molecule has 0 radical (unpaired) electrons. The number of ether oxygens (including phenoxy) is 1. The Morgan fingerprint density at radius 2 is 1.94 bits per heavy atom. The molecule has 17 heavy (non-hydrogen) atoms. The van der Waals surface area contributed by atoms with Crippen molar-refractivity contribution in [2.45, 2.75) is 32.1 Å². The van der Waals surface area contributed by atoms with Gasteiger partial charge in [0.05, 0.1) is 12.4 Å². The van der Waals surface area contributed by atoms with Crippen molar-refractivity contribution in [3.63, 3.8) is 0 Å². The Morgan fingerprint density at radius 1 is 1.29 bits per heavy atom. The highest BCUT2D eigenvalue weighted by atomic mass is 79.9. The highest BCUT2D eigenvalue weighted by Gasteiger charge is 2.32. The molecule has 0 aliphatic heterocycles. The minimum Gasteiger partial charge on any atom is -0.384 e. The molecule has 1 N–H and O–H groups in total. The summed E-state index contributed by atoms with van der Waals surface area (Å²) in [5.41, 5.74) is 0.110. The van der Waals surface area contributed by atoms with Gasteiger partial charge in [-0.1, -0.05) is 35.2 Å². The average molecular weight is 328 g/mol. The zero-order chi connectivity index (χ0) is 12.8. The standard InChI is InChI=1S/C11H22BrNO3S/c1-16-7-8-17(14,15)13-10-11(9-12)5-3-2-4-6-11/h13H,2-10H2,1H3. The molecule has 0 saturated heterocycles. The van der Waals surface area contributed by atoms with Crippen LogP contribution < -0.4 is 4.72 Å². The zero-order valence-corrected chi connectivity index (χ0v) is 12.8. The second kappa shape index (κ2) is 7.07. The van der Waals surface area contributed by atoms with Crippen molar-refractivity contribution in [3.8, 4) is 0 Å². The van der Waals surface area contributed by atoms with Crippen molar-refractivity contribution in [2.75, 3.05) is 31.3 Å². The van der Waals surface area contributed by atoms with Gasteiger partial charge in [-0.25, -0.2) is 13.1 Å². The molecule has 0 spiro atoms. The molecule has 1 fully saturated rings. The molecular weight excluding hydrogens is 306 g/mol. The molecule has 0 atom stereocenters. The first-order chi connectivity index (χ1) is 8.04. The number of nitrogens with one attached hydrogen (secondary N) is 1. The van der Waals surface area contributed by atoms with Crippen LogP contribution in [0.1, 0.15) is 32.1 Å². The van der Waals surface area contributed by atoms with E-state index in [0.717, 1.165) is 18.2 Å². The Kier molecular flexibility index (Phi) is 6.40. The van der Waals surface area contributed by atoms with Crippen molar-refractivity contribution in [1.29, 1.82) is 0 Å². The summed E-state index contributed by atoms with van der Waals surface area (Å²) in [6, 6.07) is 0. The Hall–Kier alpha value is 0.350. The van der Waals surface area contributed by atoms with Gasteiger partial charge in [-0.2, -0.15) is 0 Å². The van der Waals surface area contributed by atoms with E-state index < -0.39 is 10.0 Å². The Bertz CT molecular complexity index is 313. The Labute approximate surface area is 113 Å². The summed E-state index contributed by atoms with van der Waals surface area (Å²) in [4.78, 5) is 0. The van der Waals surface area contributed by atoms with Crippen LogP contribution in [-0.4, -0.2) is 39.8 Å². The lowest BCUT2D eigenvalue weighted by atomic mass is 9.76. The molecule has 4 nitrogen and oxygen atoms in total. The number of rotatable bonds is 7. The van der Waals surface area contributed by atoms with Crippen LogP contribution in [0.5, 0.6) is 0 Å². The first-order valence-corrected chi connectivity index (χ1v) is 8.83. The van der Waals surface area contributed by atoms with E-state index in [0.29, 0.717) is 6.54 Å². The predicted molar refractivity (Wildman–Crippen MR) is 73.0 cm³/mol. The molecule has 0 aromatic rings. The van der Waals surface area contributed by atoms with E-state index in [1.807, 2.05) is 0 Å². The lowest BCUT2D eigenvalue weighted by Gasteiger charge is -2.35. The number of alkyl halides is 1. The summed E-state index contributed by atoms with van der Waals surface area (Å²) >= 11 is 3.53. The molecule has 0 unspecified atom stereocenters. The van der Waals surface area contributed by atoms with E-state index in [1.54, 1.807) is 0 Å². The molecular formula is C11H22BrNO3S. The normalized spacial score (nSPS) is 20.4. The van der Waals surface area contributed by atoms with Crippen LogP contribution in [0.15, 0.2) is 0 Å². The Balaban J connectivity index is 2.46. The third-order valence-electron chi connectivity index (χ3n) is 3.42. The van der Waals surface area contributed by atoms with Gasteiger partial charge in [0, 0.05) is 19.0 Å². The fourth-order valence-electron chi connectivity index (χ4n) is 2.19. The van der Waals surface area contributed by atoms with E-state index >= 15 is 0 Å². The van der Waals surface area contributed by atoms with Gasteiger partial charge in [-0.15, -0.1) is 0 Å². The summed E-state index contributed by atoms with van der Waals surface area (Å²) in [5, 5.41) is 0.868. The number of hydrogen-bond acceptors (Lipinski definition) is 3. The van der Waals surface area contributed by atoms with Gasteiger partial charge in [0.25, 0.3) is 0 Å². The van der Waals surface area contributed by atoms with E-state index in [2.05, 4.69) is 20.7 Å². The molecule has 1 aliphatic carbocycles. The fraction of sp³-hybridized carbons (Fsp3) is 1.00. The summed E-state index contributed by atoms with van der Waals surface area (Å²) < 4.78 is 30.9. The predicted octanol–water partition coefficient (Wildman–Crippen LogP) is 1.90. The average Bonchev–Trinajstić information content (AvgIpc) is 2.35. The first kappa shape index (κ1) is 15.4. The van der Waals surface area contributed by atoms with Crippen LogP contribution in [0.25, 0.3) is 0 Å². The molecule has 0 aromatic heterocycles. The molecule has 1 saturated carbocycles. The number of methoxy groups -OCH3 is 1. The van der Waals surface area contributed by atoms with Crippen molar-refractivity contribution in [3.05, 3.63) is 0 Å². The Morgan fingerprint density at radius 3 is 2.47 bits per heavy atom. The highest BCUT2D eigenvalue weighted by molar-refractivity contribution is 9.09. The van der Waals surface area contributed by atoms with Gasteiger partial charge in [0.2, 0.25) is 10.0 Å². The van der Waals surface area contributed by atoms with E-state index in [1.165, 1.54) is 26.4 Å². The SMILES string of the molecule is COCCS(=O)(=O)NCC1(CBr)CCCCC1. The van der Waals surface area contributed by atoms with Crippen LogP contribution in [-0.2, 0) is 14.8 Å². The van der Waals surface area contributed by atoms with Gasteiger partial charge in [0.15, 0.2) is 0 Å². The van der Waals surface area contributed by atoms with E-state index in [4.69, 9.17) is 4.74 Å². The zero-order valence-electron chi connectivity index (χ0n) is 10.4. The van der Waals surface area contributed by atoms with Crippen LogP contribution in [0.4, 0.5) is 0 Å². The monoisotopic (exact) mass is 327 g/mol. The van der Waals surface area contributed by atoms with Crippen molar-refractivity contribution < 1.29 is 13.2 Å². The third-order valence-corrected chi connectivity index (χ3v) is 5.90. The summed E-state index contributed by atoms with van der Waals surface area (Å²) in [6.07, 6.45) is 5.87. The lowest BCUT2D eigenvalue weighted by molar-refractivity contribution is 0.214. The number of halogens is 1. The third kappa shape index (κ3) is 5.24. The van der Waals surface area contributed by atoms with E-state index in [9.17, 15) is 8.42 Å². The quantitative estimate of drug-likeness (QED) is 0.726. The van der Waals surface area contributed by atoms with Crippen molar-refractivity contribution >= 4 is 26.0 Å². The van der Waals surface area contributed by atoms with Gasteiger partial charge in [-0.05, 0) is 18.3 Å². The van der Waals surface area contributed by atoms with Gasteiger partial charge in [-0.3, -0.25) is 0 Å². The van der Waals surface area contributed by atoms with Crippen LogP contribution in [0.3, 0.4) is 0 Å². The molecule has 0 amide bonds. The maximum absolute atomic E-state index is 11.7. The van der Waals surface area contributed by atoms with Crippen LogP contribution in [0.2, 0.25) is 0 Å². The van der Waals surface area contributed by atoms with Crippen molar-refractivity contribution in [2.24, 2.45) is 5.41 Å². The van der Waals surface area contributed by atoms with Crippen molar-refractivity contribution in [1.82, 2.24) is 4.72 Å². The molecule has 0 heterocycles. The molecule has 1 aliphatic rings. The fourth-order valence-corrected chi connectivity index (χ4v) is 4.00. The number of sulfonamides is 1. The van der Waals surface area contributed by atoms with Gasteiger partial charge >= 0.3 is 0 Å². The maximum Gasteiger partial charge on any atom is 0.213 e. The second-order valence-corrected chi connectivity index (χ2v) is 7.31. The lowest BCUT2D eigenvalue weighted by Crippen LogP contribution is -2.41. The molecule has 1 rings (SSSR count). The van der Waals surface area contributed by atoms with Gasteiger partial charge < -0.3 is 4.74 Å². The smallest absolute Gasteiger partial charge is 0.213 e. The number of hydrogen-bond donors (Lipinski definition) is 1. The second-order valence-electron chi connectivity index (χ2n) is 4.83. The summed E-state index contributed by atoms with van der Waals surface area (Å²) in [7, 11) is -1.68. The largest absolute Gasteiger partial charge is 0.384 e. The van der Waals surface area contributed by atoms with Gasteiger partial charge in [0.1, 0.15) is 0 Å². The summed E-state index contributed by atoms with van der Waals surface area (Å²) in [6.45, 7) is 0.793. The molecule has 6 heteroatoms. The maximum atomic E-state index is 11.7. The molecule has 0 aromatic carbocycles. The summed E-state index contributed by atoms with van der Waals surface area (Å²) in [5.74, 6) is 0.0435. The minimum absolute atomic E-state index is 0.0435. The van der Waals surface area contributed by atoms with Crippen LogP contribution in [0, 0.1) is 5.41 Å². The highest BCUT2D eigenvalue weighted by Crippen LogP contribution is 2.37. The molecule has 102 valence electrons. The van der Waals surface area contributed by atoms with Crippen LogP contribution >= 0.6 is 15.9 Å². The topological polar surface area (TPSA) is 55.4 Å². The first-order valence-electron chi connectivity index (χ1n) is 6.06. The molecule has 0 bridgehead atoms. The van der Waals surface area contributed by atoms with E-state index in [-0.39, 0.29) is 17.8 Å².